The van der Waals surface area contributed by atoms with E-state index in [1.54, 1.807) is 0 Å². The fourth-order valence-electron chi connectivity index (χ4n) is 1.43. The lowest BCUT2D eigenvalue weighted by Crippen LogP contribution is -2.15. The predicted molar refractivity (Wildman–Crippen MR) is 72.6 cm³/mol. The van der Waals surface area contributed by atoms with Crippen LogP contribution in [0.4, 0.5) is 0 Å². The van der Waals surface area contributed by atoms with Gasteiger partial charge < -0.3 is 19.3 Å². The van der Waals surface area contributed by atoms with Crippen LogP contribution < -0.4 is 0 Å². The van der Waals surface area contributed by atoms with Crippen LogP contribution in [0.3, 0.4) is 0 Å². The van der Waals surface area contributed by atoms with Gasteiger partial charge in [-0.1, -0.05) is 0 Å². The summed E-state index contributed by atoms with van der Waals surface area (Å²) in [5, 5.41) is 0. The van der Waals surface area contributed by atoms with Crippen LogP contribution in [0.2, 0.25) is 0 Å². The summed E-state index contributed by atoms with van der Waals surface area (Å²) in [5.74, 6) is 0. The SMILES string of the molecule is CN(C)CCCOCCCOCCCN(C)C. The summed E-state index contributed by atoms with van der Waals surface area (Å²) in [6.45, 7) is 5.56. The molecule has 0 unspecified atom stereocenters. The second-order valence-corrected chi connectivity index (χ2v) is 4.89. The van der Waals surface area contributed by atoms with Gasteiger partial charge in [0, 0.05) is 26.4 Å². The molecular weight excluding hydrogens is 216 g/mol. The van der Waals surface area contributed by atoms with Gasteiger partial charge >= 0.3 is 0 Å². The standard InChI is InChI=1S/C13H30N2O2/c1-14(2)8-5-10-16-12-7-13-17-11-6-9-15(3)4/h5-13H2,1-4H3. The molecule has 0 aliphatic heterocycles. The molecule has 0 fully saturated rings. The van der Waals surface area contributed by atoms with Crippen LogP contribution in [0.5, 0.6) is 0 Å². The maximum atomic E-state index is 5.51. The number of hydrogen-bond donors (Lipinski definition) is 0. The molecule has 0 aliphatic rings. The summed E-state index contributed by atoms with van der Waals surface area (Å²) in [4.78, 5) is 4.36. The van der Waals surface area contributed by atoms with Gasteiger partial charge in [-0.2, -0.15) is 0 Å². The predicted octanol–water partition coefficient (Wildman–Crippen LogP) is 1.31. The van der Waals surface area contributed by atoms with E-state index in [0.717, 1.165) is 58.8 Å². The third-order valence-corrected chi connectivity index (χ3v) is 2.37. The van der Waals surface area contributed by atoms with E-state index in [1.165, 1.54) is 0 Å². The van der Waals surface area contributed by atoms with E-state index in [1.807, 2.05) is 0 Å². The fraction of sp³-hybridized carbons (Fsp3) is 1.00. The topological polar surface area (TPSA) is 24.9 Å². The van der Waals surface area contributed by atoms with Crippen LogP contribution >= 0.6 is 0 Å². The van der Waals surface area contributed by atoms with Crippen LogP contribution in [0, 0.1) is 0 Å². The lowest BCUT2D eigenvalue weighted by molar-refractivity contribution is 0.0770. The van der Waals surface area contributed by atoms with Crippen molar-refractivity contribution < 1.29 is 9.47 Å². The van der Waals surface area contributed by atoms with Crippen molar-refractivity contribution in [1.82, 2.24) is 9.80 Å². The van der Waals surface area contributed by atoms with Gasteiger partial charge in [0.15, 0.2) is 0 Å². The number of rotatable bonds is 12. The van der Waals surface area contributed by atoms with Gasteiger partial charge in [-0.3, -0.25) is 0 Å². The van der Waals surface area contributed by atoms with Gasteiger partial charge in [-0.15, -0.1) is 0 Å². The average Bonchev–Trinajstić information content (AvgIpc) is 2.25. The van der Waals surface area contributed by atoms with Crippen molar-refractivity contribution in [1.29, 1.82) is 0 Å². The molecule has 104 valence electrons. The Kier molecular flexibility index (Phi) is 12.2. The van der Waals surface area contributed by atoms with Crippen molar-refractivity contribution in [2.75, 3.05) is 67.7 Å². The molecule has 4 heteroatoms. The summed E-state index contributed by atoms with van der Waals surface area (Å²) in [7, 11) is 8.34. The van der Waals surface area contributed by atoms with Crippen LogP contribution in [-0.4, -0.2) is 77.5 Å². The quantitative estimate of drug-likeness (QED) is 0.485. The molecule has 0 saturated heterocycles. The summed E-state index contributed by atoms with van der Waals surface area (Å²) in [5.41, 5.74) is 0. The molecule has 0 N–H and O–H groups in total. The van der Waals surface area contributed by atoms with Gasteiger partial charge in [0.2, 0.25) is 0 Å². The lowest BCUT2D eigenvalue weighted by atomic mass is 10.4. The highest BCUT2D eigenvalue weighted by Gasteiger charge is 1.94. The van der Waals surface area contributed by atoms with Crippen molar-refractivity contribution in [3.8, 4) is 0 Å². The van der Waals surface area contributed by atoms with Crippen LogP contribution in [-0.2, 0) is 9.47 Å². The van der Waals surface area contributed by atoms with Gasteiger partial charge in [0.1, 0.15) is 0 Å². The average molecular weight is 246 g/mol. The first-order valence-corrected chi connectivity index (χ1v) is 6.58. The molecule has 4 nitrogen and oxygen atoms in total. The Labute approximate surface area is 107 Å². The molecule has 0 heterocycles. The maximum absolute atomic E-state index is 5.51. The van der Waals surface area contributed by atoms with E-state index in [4.69, 9.17) is 9.47 Å². The molecule has 0 saturated carbocycles. The fourth-order valence-corrected chi connectivity index (χ4v) is 1.43. The van der Waals surface area contributed by atoms with Crippen molar-refractivity contribution in [3.63, 3.8) is 0 Å². The molecule has 0 aliphatic carbocycles. The summed E-state index contributed by atoms with van der Waals surface area (Å²) in [6.07, 6.45) is 3.22. The Morgan fingerprint density at radius 3 is 1.29 bits per heavy atom. The van der Waals surface area contributed by atoms with Gasteiger partial charge in [-0.25, -0.2) is 0 Å². The van der Waals surface area contributed by atoms with Crippen LogP contribution in [0.25, 0.3) is 0 Å². The Balaban J connectivity index is 2.94. The van der Waals surface area contributed by atoms with Crippen LogP contribution in [0.1, 0.15) is 19.3 Å². The molecular formula is C13H30N2O2. The zero-order valence-electron chi connectivity index (χ0n) is 12.1. The van der Waals surface area contributed by atoms with Crippen molar-refractivity contribution in [2.24, 2.45) is 0 Å². The second-order valence-electron chi connectivity index (χ2n) is 4.89. The molecule has 0 spiro atoms. The van der Waals surface area contributed by atoms with E-state index in [2.05, 4.69) is 38.0 Å². The molecule has 17 heavy (non-hydrogen) atoms. The van der Waals surface area contributed by atoms with Gasteiger partial charge in [0.05, 0.1) is 0 Å². The minimum absolute atomic E-state index is 0.821. The highest BCUT2D eigenvalue weighted by molar-refractivity contribution is 4.44. The van der Waals surface area contributed by atoms with Crippen molar-refractivity contribution in [3.05, 3.63) is 0 Å². The van der Waals surface area contributed by atoms with Gasteiger partial charge in [0.25, 0.3) is 0 Å². The first-order chi connectivity index (χ1) is 8.13. The van der Waals surface area contributed by atoms with E-state index in [9.17, 15) is 0 Å². The Bertz CT molecular complexity index is 136. The minimum atomic E-state index is 0.821. The first-order valence-electron chi connectivity index (χ1n) is 6.58. The molecule has 0 rings (SSSR count). The Morgan fingerprint density at radius 2 is 0.941 bits per heavy atom. The summed E-state index contributed by atoms with van der Waals surface area (Å²) < 4.78 is 11.0. The Morgan fingerprint density at radius 1 is 0.588 bits per heavy atom. The van der Waals surface area contributed by atoms with E-state index < -0.39 is 0 Å². The monoisotopic (exact) mass is 246 g/mol. The zero-order valence-corrected chi connectivity index (χ0v) is 12.1. The van der Waals surface area contributed by atoms with Gasteiger partial charge in [-0.05, 0) is 60.5 Å². The van der Waals surface area contributed by atoms with Crippen LogP contribution in [0.15, 0.2) is 0 Å². The number of nitrogens with zero attached hydrogens (tertiary/aromatic N) is 2. The molecule has 0 aromatic rings. The highest BCUT2D eigenvalue weighted by atomic mass is 16.5. The molecule has 0 bridgehead atoms. The third-order valence-electron chi connectivity index (χ3n) is 2.37. The molecule has 0 amide bonds. The molecule has 0 radical (unpaired) electrons. The molecule has 0 atom stereocenters. The largest absolute Gasteiger partial charge is 0.381 e. The van der Waals surface area contributed by atoms with E-state index in [0.29, 0.717) is 0 Å². The van der Waals surface area contributed by atoms with Crippen molar-refractivity contribution in [2.45, 2.75) is 19.3 Å². The second kappa shape index (κ2) is 12.3. The molecule has 0 aromatic heterocycles. The zero-order chi connectivity index (χ0) is 12.9. The maximum Gasteiger partial charge on any atom is 0.0487 e. The summed E-state index contributed by atoms with van der Waals surface area (Å²) >= 11 is 0. The van der Waals surface area contributed by atoms with E-state index in [-0.39, 0.29) is 0 Å². The smallest absolute Gasteiger partial charge is 0.0487 e. The first kappa shape index (κ1) is 16.8. The van der Waals surface area contributed by atoms with E-state index >= 15 is 0 Å². The summed E-state index contributed by atoms with van der Waals surface area (Å²) in [6, 6.07) is 0. The van der Waals surface area contributed by atoms with Crippen molar-refractivity contribution >= 4 is 0 Å². The number of hydrogen-bond acceptors (Lipinski definition) is 4. The highest BCUT2D eigenvalue weighted by Crippen LogP contribution is 1.91. The molecule has 0 aromatic carbocycles. The Hall–Kier alpha value is -0.160. The lowest BCUT2D eigenvalue weighted by Gasteiger charge is -2.10. The minimum Gasteiger partial charge on any atom is -0.381 e. The number of ether oxygens (including phenoxy) is 2. The third kappa shape index (κ3) is 15.8. The normalized spacial score (nSPS) is 11.6.